The number of anilines is 1. The maximum atomic E-state index is 14.2. The molecule has 0 aromatic heterocycles. The van der Waals surface area contributed by atoms with E-state index in [1.807, 2.05) is 13.8 Å². The summed E-state index contributed by atoms with van der Waals surface area (Å²) < 4.78 is 55.4. The number of carbonyl (C=O) groups is 3. The fourth-order valence-electron chi connectivity index (χ4n) is 5.16. The molecule has 41 heavy (non-hydrogen) atoms. The molecular weight excluding hydrogens is 547 g/mol. The first-order chi connectivity index (χ1) is 19.6. The lowest BCUT2D eigenvalue weighted by atomic mass is 9.95. The molecule has 13 heteroatoms. The number of rotatable bonds is 11. The molecule has 0 saturated heterocycles. The van der Waals surface area contributed by atoms with Crippen LogP contribution in [0.3, 0.4) is 0 Å². The molecule has 0 atom stereocenters. The highest BCUT2D eigenvalue weighted by molar-refractivity contribution is 5.92. The van der Waals surface area contributed by atoms with Crippen LogP contribution in [-0.4, -0.2) is 92.9 Å². The van der Waals surface area contributed by atoms with Crippen LogP contribution in [0.4, 0.5) is 23.7 Å². The van der Waals surface area contributed by atoms with Gasteiger partial charge in [0, 0.05) is 32.0 Å². The van der Waals surface area contributed by atoms with E-state index in [1.165, 1.54) is 17.1 Å². The van der Waals surface area contributed by atoms with Crippen LogP contribution in [0.25, 0.3) is 0 Å². The third kappa shape index (κ3) is 9.04. The highest BCUT2D eigenvalue weighted by Gasteiger charge is 2.42. The van der Waals surface area contributed by atoms with E-state index in [-0.39, 0.29) is 38.5 Å². The number of amides is 3. The van der Waals surface area contributed by atoms with Gasteiger partial charge in [-0.25, -0.2) is 9.59 Å². The SMILES string of the molecule is CCOC(CN(C(=O)N(OCC(=O)OC)C1CCCCC1)c1ccc2c(c1)CCN(C(=O)C(F)(F)F)CC2)OCC. The van der Waals surface area contributed by atoms with Crippen molar-refractivity contribution < 1.29 is 46.6 Å². The summed E-state index contributed by atoms with van der Waals surface area (Å²) in [6, 6.07) is 4.45. The van der Waals surface area contributed by atoms with Crippen molar-refractivity contribution in [3.63, 3.8) is 0 Å². The molecule has 3 rings (SSSR count). The Balaban J connectivity index is 1.94. The zero-order valence-electron chi connectivity index (χ0n) is 23.9. The lowest BCUT2D eigenvalue weighted by Gasteiger charge is -2.37. The van der Waals surface area contributed by atoms with Gasteiger partial charge in [0.05, 0.1) is 19.7 Å². The zero-order valence-corrected chi connectivity index (χ0v) is 23.9. The van der Waals surface area contributed by atoms with Crippen LogP contribution < -0.4 is 4.90 Å². The molecule has 1 aromatic carbocycles. The van der Waals surface area contributed by atoms with Gasteiger partial charge in [0.15, 0.2) is 12.9 Å². The van der Waals surface area contributed by atoms with Gasteiger partial charge < -0.3 is 19.1 Å². The van der Waals surface area contributed by atoms with Crippen molar-refractivity contribution >= 4 is 23.6 Å². The standard InChI is InChI=1S/C28H40F3N3O7/c1-4-39-25(40-5-2)18-33(27(37)34(41-19-24(35)38-3)22-9-7-6-8-10-22)23-12-11-20-13-15-32(16-14-21(20)17-23)26(36)28(29,30)31/h11-12,17,22,25H,4-10,13-16,18-19H2,1-3H3. The van der Waals surface area contributed by atoms with Crippen molar-refractivity contribution in [3.8, 4) is 0 Å². The average Bonchev–Trinajstić information content (AvgIpc) is 3.17. The minimum atomic E-state index is -4.94. The number of nitrogens with zero attached hydrogens (tertiary/aromatic N) is 3. The van der Waals surface area contributed by atoms with Gasteiger partial charge in [0.25, 0.3) is 0 Å². The quantitative estimate of drug-likeness (QED) is 0.217. The molecule has 3 amide bonds. The molecule has 0 spiro atoms. The van der Waals surface area contributed by atoms with Crippen LogP contribution in [0.2, 0.25) is 0 Å². The molecule has 0 unspecified atom stereocenters. The zero-order chi connectivity index (χ0) is 30.0. The molecule has 0 radical (unpaired) electrons. The van der Waals surface area contributed by atoms with Crippen molar-refractivity contribution in [2.24, 2.45) is 0 Å². The molecule has 0 N–H and O–H groups in total. The van der Waals surface area contributed by atoms with Crippen LogP contribution >= 0.6 is 0 Å². The second kappa shape index (κ2) is 15.4. The molecule has 1 aromatic rings. The van der Waals surface area contributed by atoms with Gasteiger partial charge in [-0.2, -0.15) is 18.2 Å². The molecule has 1 fully saturated rings. The second-order valence-corrected chi connectivity index (χ2v) is 9.94. The lowest BCUT2D eigenvalue weighted by molar-refractivity contribution is -0.185. The van der Waals surface area contributed by atoms with E-state index in [2.05, 4.69) is 0 Å². The Hall–Kier alpha value is -2.90. The van der Waals surface area contributed by atoms with Gasteiger partial charge in [0.2, 0.25) is 0 Å². The van der Waals surface area contributed by atoms with Gasteiger partial charge in [-0.05, 0) is 62.8 Å². The third-order valence-corrected chi connectivity index (χ3v) is 7.25. The molecule has 1 saturated carbocycles. The second-order valence-electron chi connectivity index (χ2n) is 9.94. The lowest BCUT2D eigenvalue weighted by Crippen LogP contribution is -2.52. The minimum Gasteiger partial charge on any atom is -0.467 e. The van der Waals surface area contributed by atoms with Crippen LogP contribution in [-0.2, 0) is 41.5 Å². The van der Waals surface area contributed by atoms with Crippen molar-refractivity contribution in [1.82, 2.24) is 9.96 Å². The molecule has 2 aliphatic rings. The summed E-state index contributed by atoms with van der Waals surface area (Å²) in [5.74, 6) is -2.49. The Bertz CT molecular complexity index is 1030. The third-order valence-electron chi connectivity index (χ3n) is 7.25. The van der Waals surface area contributed by atoms with Crippen LogP contribution in [0.15, 0.2) is 18.2 Å². The first-order valence-electron chi connectivity index (χ1n) is 14.1. The van der Waals surface area contributed by atoms with Crippen LogP contribution in [0, 0.1) is 0 Å². The van der Waals surface area contributed by atoms with E-state index in [0.29, 0.717) is 31.7 Å². The smallest absolute Gasteiger partial charge is 0.467 e. The highest BCUT2D eigenvalue weighted by atomic mass is 19.4. The predicted molar refractivity (Wildman–Crippen MR) is 143 cm³/mol. The number of fused-ring (bicyclic) bond motifs is 1. The van der Waals surface area contributed by atoms with Gasteiger partial charge >= 0.3 is 24.1 Å². The Morgan fingerprint density at radius 3 is 2.22 bits per heavy atom. The topological polar surface area (TPSA) is 97.9 Å². The van der Waals surface area contributed by atoms with E-state index in [9.17, 15) is 27.6 Å². The average molecular weight is 588 g/mol. The molecule has 10 nitrogen and oxygen atoms in total. The van der Waals surface area contributed by atoms with E-state index < -0.39 is 37.0 Å². The van der Waals surface area contributed by atoms with Crippen molar-refractivity contribution in [1.29, 1.82) is 0 Å². The number of carbonyl (C=O) groups excluding carboxylic acids is 3. The number of hydrogen-bond donors (Lipinski definition) is 0. The molecule has 1 aliphatic carbocycles. The summed E-state index contributed by atoms with van der Waals surface area (Å²) in [4.78, 5) is 45.9. The molecule has 0 bridgehead atoms. The normalized spacial score (nSPS) is 16.2. The van der Waals surface area contributed by atoms with Gasteiger partial charge in [-0.15, -0.1) is 0 Å². The molecule has 1 heterocycles. The van der Waals surface area contributed by atoms with E-state index in [0.717, 1.165) is 35.3 Å². The number of halogens is 3. The Kier molecular flexibility index (Phi) is 12.2. The number of esters is 1. The Morgan fingerprint density at radius 2 is 1.63 bits per heavy atom. The van der Waals surface area contributed by atoms with Crippen LogP contribution in [0.1, 0.15) is 57.1 Å². The fraction of sp³-hybridized carbons (Fsp3) is 0.679. The van der Waals surface area contributed by atoms with Crippen molar-refractivity contribution in [2.75, 3.05) is 51.5 Å². The summed E-state index contributed by atoms with van der Waals surface area (Å²) in [6.07, 6.45) is -1.00. The monoisotopic (exact) mass is 587 g/mol. The number of hydrogen-bond acceptors (Lipinski definition) is 7. The maximum absolute atomic E-state index is 14.2. The van der Waals surface area contributed by atoms with Gasteiger partial charge in [-0.1, -0.05) is 25.3 Å². The van der Waals surface area contributed by atoms with Crippen LogP contribution in [0.5, 0.6) is 0 Å². The summed E-state index contributed by atoms with van der Waals surface area (Å²) in [5, 5.41) is 1.24. The van der Waals surface area contributed by atoms with Crippen molar-refractivity contribution in [3.05, 3.63) is 29.3 Å². The highest BCUT2D eigenvalue weighted by Crippen LogP contribution is 2.29. The minimum absolute atomic E-state index is 0.00277. The van der Waals surface area contributed by atoms with Gasteiger partial charge in [-0.3, -0.25) is 14.5 Å². The number of alkyl halides is 3. The van der Waals surface area contributed by atoms with E-state index in [1.54, 1.807) is 18.2 Å². The predicted octanol–water partition coefficient (Wildman–Crippen LogP) is 4.24. The number of benzene rings is 1. The largest absolute Gasteiger partial charge is 0.471 e. The molecule has 230 valence electrons. The summed E-state index contributed by atoms with van der Waals surface area (Å²) in [5.41, 5.74) is 2.01. The fourth-order valence-corrected chi connectivity index (χ4v) is 5.16. The summed E-state index contributed by atoms with van der Waals surface area (Å²) in [7, 11) is 1.23. The van der Waals surface area contributed by atoms with E-state index in [4.69, 9.17) is 19.0 Å². The maximum Gasteiger partial charge on any atom is 0.471 e. The number of urea groups is 1. The Morgan fingerprint density at radius 1 is 1.00 bits per heavy atom. The first-order valence-corrected chi connectivity index (χ1v) is 14.1. The number of methoxy groups -OCH3 is 1. The number of hydroxylamine groups is 2. The van der Waals surface area contributed by atoms with Crippen molar-refractivity contribution in [2.45, 2.75) is 77.3 Å². The number of ether oxygens (including phenoxy) is 3. The Labute approximate surface area is 238 Å². The first kappa shape index (κ1) is 32.6. The summed E-state index contributed by atoms with van der Waals surface area (Å²) >= 11 is 0. The van der Waals surface area contributed by atoms with E-state index >= 15 is 0 Å². The summed E-state index contributed by atoms with van der Waals surface area (Å²) in [6.45, 7) is 3.70. The van der Waals surface area contributed by atoms with Gasteiger partial charge in [0.1, 0.15) is 0 Å². The molecule has 1 aliphatic heterocycles. The molecular formula is C28H40F3N3O7.